The maximum absolute atomic E-state index is 12.4. The molecule has 1 spiro atoms. The summed E-state index contributed by atoms with van der Waals surface area (Å²) < 4.78 is 0. The molecule has 0 radical (unpaired) electrons. The first-order valence-electron chi connectivity index (χ1n) is 13.1. The summed E-state index contributed by atoms with van der Waals surface area (Å²) in [5.74, 6) is 3.23. The number of nitrogens with zero attached hydrogens (tertiary/aromatic N) is 1. The average molecular weight is 427 g/mol. The molecule has 3 nitrogen and oxygen atoms in total. The molecule has 1 saturated heterocycles. The van der Waals surface area contributed by atoms with Crippen LogP contribution in [0.1, 0.15) is 98.1 Å². The lowest BCUT2D eigenvalue weighted by molar-refractivity contribution is -0.124. The lowest BCUT2D eigenvalue weighted by atomic mass is 9.73. The summed E-state index contributed by atoms with van der Waals surface area (Å²) in [4.78, 5) is 15.2. The number of likely N-dealkylation sites (tertiary alicyclic amines) is 1. The standard InChI is InChI=1S/C28H42N2O.2H2/c1-20(2)27(31)29-26-18-28(25-9-4-3-8-24(25)26)12-14-30(15-13-28)19-23-11-10-21-6-5-7-22(16-21)17-23;;/h3-4,8-9,20-23,26H,5-7,10-19H2,1-2H3,(H,29,31);2*1H/t21-,22?,23+,26+;;/m1../s1. The lowest BCUT2D eigenvalue weighted by Gasteiger charge is -2.41. The Morgan fingerprint density at radius 2 is 1.87 bits per heavy atom. The predicted molar refractivity (Wildman–Crippen MR) is 131 cm³/mol. The Kier molecular flexibility index (Phi) is 6.16. The van der Waals surface area contributed by atoms with E-state index < -0.39 is 0 Å². The van der Waals surface area contributed by atoms with Gasteiger partial charge in [0, 0.05) is 20.7 Å². The molecule has 4 atom stereocenters. The minimum atomic E-state index is 0. The van der Waals surface area contributed by atoms with Crippen LogP contribution in [0.25, 0.3) is 0 Å². The molecule has 31 heavy (non-hydrogen) atoms. The summed E-state index contributed by atoms with van der Waals surface area (Å²) in [5, 5.41) is 3.36. The summed E-state index contributed by atoms with van der Waals surface area (Å²) in [6.45, 7) is 7.76. The monoisotopic (exact) mass is 426 g/mol. The zero-order valence-electron chi connectivity index (χ0n) is 19.7. The van der Waals surface area contributed by atoms with Gasteiger partial charge in [-0.15, -0.1) is 0 Å². The minimum absolute atomic E-state index is 0. The second kappa shape index (κ2) is 8.89. The van der Waals surface area contributed by atoms with E-state index in [1.54, 1.807) is 0 Å². The summed E-state index contributed by atoms with van der Waals surface area (Å²) in [6.07, 6.45) is 14.0. The molecule has 3 fully saturated rings. The fraction of sp³-hybridized carbons (Fsp3) is 0.750. The molecule has 3 heteroatoms. The smallest absolute Gasteiger partial charge is 0.223 e. The largest absolute Gasteiger partial charge is 0.349 e. The van der Waals surface area contributed by atoms with Gasteiger partial charge in [0.05, 0.1) is 6.04 Å². The molecule has 0 aromatic heterocycles. The quantitative estimate of drug-likeness (QED) is 0.609. The summed E-state index contributed by atoms with van der Waals surface area (Å²) in [6, 6.07) is 9.13. The first-order valence-corrected chi connectivity index (χ1v) is 13.1. The molecular formula is C28H46N2O. The molecule has 1 aromatic rings. The third-order valence-corrected chi connectivity index (χ3v) is 9.21. The van der Waals surface area contributed by atoms with Crippen molar-refractivity contribution >= 4 is 5.91 Å². The number of piperidine rings is 1. The van der Waals surface area contributed by atoms with E-state index in [9.17, 15) is 4.79 Å². The molecule has 3 aliphatic carbocycles. The molecule has 1 heterocycles. The Bertz CT molecular complexity index is 790. The van der Waals surface area contributed by atoms with Crippen LogP contribution in [-0.2, 0) is 10.2 Å². The number of carbonyl (C=O) groups is 1. The van der Waals surface area contributed by atoms with E-state index >= 15 is 0 Å². The first kappa shape index (κ1) is 21.5. The lowest BCUT2D eigenvalue weighted by Crippen LogP contribution is -2.44. The second-order valence-electron chi connectivity index (χ2n) is 11.7. The Hall–Kier alpha value is -1.35. The van der Waals surface area contributed by atoms with Gasteiger partial charge in [0.25, 0.3) is 0 Å². The Balaban J connectivity index is 0.00000153. The molecule has 1 unspecified atom stereocenters. The zero-order valence-corrected chi connectivity index (χ0v) is 19.7. The summed E-state index contributed by atoms with van der Waals surface area (Å²) in [5.41, 5.74) is 3.16. The van der Waals surface area contributed by atoms with Crippen molar-refractivity contribution in [1.29, 1.82) is 0 Å². The number of nitrogens with one attached hydrogen (secondary N) is 1. The van der Waals surface area contributed by atoms with Crippen molar-refractivity contribution in [3.8, 4) is 0 Å². The molecule has 1 aromatic carbocycles. The van der Waals surface area contributed by atoms with E-state index in [-0.39, 0.29) is 26.1 Å². The highest BCUT2D eigenvalue weighted by Gasteiger charge is 2.46. The minimum Gasteiger partial charge on any atom is -0.349 e. The maximum Gasteiger partial charge on any atom is 0.223 e. The first-order chi connectivity index (χ1) is 15.0. The van der Waals surface area contributed by atoms with Crippen LogP contribution < -0.4 is 5.32 Å². The van der Waals surface area contributed by atoms with Gasteiger partial charge in [-0.1, -0.05) is 63.8 Å². The highest BCUT2D eigenvalue weighted by atomic mass is 16.1. The highest BCUT2D eigenvalue weighted by Crippen LogP contribution is 2.51. The van der Waals surface area contributed by atoms with Crippen LogP contribution in [0.2, 0.25) is 0 Å². The normalized spacial score (nSPS) is 32.6. The molecule has 5 rings (SSSR count). The van der Waals surface area contributed by atoms with Crippen LogP contribution in [0, 0.1) is 23.7 Å². The van der Waals surface area contributed by atoms with Gasteiger partial charge in [0.2, 0.25) is 5.91 Å². The fourth-order valence-corrected chi connectivity index (χ4v) is 7.47. The van der Waals surface area contributed by atoms with Crippen molar-refractivity contribution in [1.82, 2.24) is 10.2 Å². The maximum atomic E-state index is 12.4. The Morgan fingerprint density at radius 3 is 2.68 bits per heavy atom. The van der Waals surface area contributed by atoms with E-state index in [1.165, 1.54) is 88.5 Å². The number of rotatable bonds is 4. The Labute approximate surface area is 192 Å². The third-order valence-electron chi connectivity index (χ3n) is 9.21. The van der Waals surface area contributed by atoms with Crippen LogP contribution in [0.3, 0.4) is 0 Å². The molecule has 1 N–H and O–H groups in total. The van der Waals surface area contributed by atoms with E-state index in [2.05, 4.69) is 34.5 Å². The molecule has 2 saturated carbocycles. The fourth-order valence-electron chi connectivity index (χ4n) is 7.47. The van der Waals surface area contributed by atoms with Crippen molar-refractivity contribution < 1.29 is 7.65 Å². The van der Waals surface area contributed by atoms with E-state index in [0.29, 0.717) is 0 Å². The predicted octanol–water partition coefficient (Wildman–Crippen LogP) is 6.34. The number of fused-ring (bicyclic) bond motifs is 4. The number of hydrogen-bond donors (Lipinski definition) is 1. The number of carbonyl (C=O) groups excluding carboxylic acids is 1. The van der Waals surface area contributed by atoms with Gasteiger partial charge in [-0.2, -0.15) is 0 Å². The van der Waals surface area contributed by atoms with Crippen molar-refractivity contribution in [2.75, 3.05) is 19.6 Å². The molecule has 1 amide bonds. The van der Waals surface area contributed by atoms with Crippen molar-refractivity contribution in [3.05, 3.63) is 35.4 Å². The number of benzene rings is 1. The van der Waals surface area contributed by atoms with E-state index in [1.807, 2.05) is 13.8 Å². The Morgan fingerprint density at radius 1 is 1.10 bits per heavy atom. The van der Waals surface area contributed by atoms with Crippen LogP contribution in [0.15, 0.2) is 24.3 Å². The second-order valence-corrected chi connectivity index (χ2v) is 11.7. The molecular weight excluding hydrogens is 380 g/mol. The summed E-state index contributed by atoms with van der Waals surface area (Å²) in [7, 11) is 0. The van der Waals surface area contributed by atoms with E-state index in [4.69, 9.17) is 0 Å². The number of amides is 1. The van der Waals surface area contributed by atoms with Gasteiger partial charge >= 0.3 is 0 Å². The molecule has 2 bridgehead atoms. The van der Waals surface area contributed by atoms with Gasteiger partial charge in [-0.05, 0) is 80.5 Å². The highest BCUT2D eigenvalue weighted by molar-refractivity contribution is 5.78. The molecule has 174 valence electrons. The van der Waals surface area contributed by atoms with Crippen LogP contribution in [0.4, 0.5) is 0 Å². The van der Waals surface area contributed by atoms with E-state index in [0.717, 1.165) is 24.2 Å². The zero-order chi connectivity index (χ0) is 21.4. The van der Waals surface area contributed by atoms with Crippen LogP contribution in [-0.4, -0.2) is 30.4 Å². The SMILES string of the molecule is CC(C)C(=O)N[C@H]1CC2(CCN(C[C@H]3CC[C@H]4CCCC(C4)C3)CC2)c2ccccc21.[HH].[HH]. The topological polar surface area (TPSA) is 32.3 Å². The van der Waals surface area contributed by atoms with Crippen LogP contribution in [0.5, 0.6) is 0 Å². The van der Waals surface area contributed by atoms with Gasteiger partial charge in [-0.25, -0.2) is 0 Å². The van der Waals surface area contributed by atoms with Crippen molar-refractivity contribution in [3.63, 3.8) is 0 Å². The van der Waals surface area contributed by atoms with Gasteiger partial charge in [0.15, 0.2) is 0 Å². The van der Waals surface area contributed by atoms with Crippen LogP contribution >= 0.6 is 0 Å². The summed E-state index contributed by atoms with van der Waals surface area (Å²) >= 11 is 0. The van der Waals surface area contributed by atoms with Gasteiger partial charge in [0.1, 0.15) is 0 Å². The van der Waals surface area contributed by atoms with Crippen molar-refractivity contribution in [2.24, 2.45) is 23.7 Å². The number of hydrogen-bond acceptors (Lipinski definition) is 2. The average Bonchev–Trinajstić information content (AvgIpc) is 2.99. The third kappa shape index (κ3) is 4.45. The van der Waals surface area contributed by atoms with Gasteiger partial charge in [-0.3, -0.25) is 4.79 Å². The molecule has 1 aliphatic heterocycles. The molecule has 4 aliphatic rings. The van der Waals surface area contributed by atoms with Crippen molar-refractivity contribution in [2.45, 2.75) is 89.5 Å². The van der Waals surface area contributed by atoms with Gasteiger partial charge < -0.3 is 10.2 Å².